The fraction of sp³-hybridized carbons (Fsp3) is 0.567. The van der Waals surface area contributed by atoms with Gasteiger partial charge in [0.2, 0.25) is 0 Å². The molecule has 1 saturated heterocycles. The smallest absolute Gasteiger partial charge is 0.257 e. The number of hydrogen-bond acceptors (Lipinski definition) is 7. The lowest BCUT2D eigenvalue weighted by Gasteiger charge is -2.41. The van der Waals surface area contributed by atoms with Crippen molar-refractivity contribution in [3.63, 3.8) is 0 Å². The standard InChI is InChI=1S/C30H38N4O4/c35-30-28-9-8-27(38-26-11-14-33(15-12-26)25-6-3-7-25)18-29(28)37-17-16-34(30)21-24(31-36)20-32-13-10-22-4-1-2-5-23(22)19-32/h1-2,4-5,8-9,18,24-26H,3,6-7,10-17,19-21H2. The van der Waals surface area contributed by atoms with Crippen LogP contribution in [-0.4, -0.2) is 84.7 Å². The number of nitrogens with zero attached hydrogens (tertiary/aromatic N) is 4. The molecule has 202 valence electrons. The lowest BCUT2D eigenvalue weighted by molar-refractivity contribution is 0.0492. The molecule has 2 aromatic carbocycles. The van der Waals surface area contributed by atoms with E-state index in [-0.39, 0.29) is 12.0 Å². The highest BCUT2D eigenvalue weighted by Gasteiger charge is 2.31. The van der Waals surface area contributed by atoms with Crippen LogP contribution in [0.25, 0.3) is 0 Å². The summed E-state index contributed by atoms with van der Waals surface area (Å²) in [7, 11) is 0. The van der Waals surface area contributed by atoms with Gasteiger partial charge < -0.3 is 19.3 Å². The SMILES string of the molecule is O=NC(CN1CCc2ccccc2C1)CN1CCOc2cc(OC3CCN(C4CCC4)CC3)ccc2C1=O. The first-order valence-electron chi connectivity index (χ1n) is 14.2. The van der Waals surface area contributed by atoms with E-state index in [0.29, 0.717) is 37.6 Å². The highest BCUT2D eigenvalue weighted by atomic mass is 16.5. The van der Waals surface area contributed by atoms with E-state index in [1.807, 2.05) is 12.1 Å². The van der Waals surface area contributed by atoms with Crippen LogP contribution in [-0.2, 0) is 13.0 Å². The van der Waals surface area contributed by atoms with E-state index >= 15 is 0 Å². The van der Waals surface area contributed by atoms with Crippen molar-refractivity contribution in [3.8, 4) is 11.5 Å². The molecule has 0 bridgehead atoms. The van der Waals surface area contributed by atoms with Gasteiger partial charge in [-0.2, -0.15) is 4.91 Å². The van der Waals surface area contributed by atoms with Crippen LogP contribution in [0.4, 0.5) is 0 Å². The van der Waals surface area contributed by atoms with E-state index in [4.69, 9.17) is 9.47 Å². The van der Waals surface area contributed by atoms with Crippen LogP contribution >= 0.6 is 0 Å². The van der Waals surface area contributed by atoms with Gasteiger partial charge in [0, 0.05) is 51.4 Å². The second-order valence-electron chi connectivity index (χ2n) is 11.2. The molecule has 4 aliphatic rings. The molecular weight excluding hydrogens is 480 g/mol. The van der Waals surface area contributed by atoms with Crippen molar-refractivity contribution in [1.82, 2.24) is 14.7 Å². The Morgan fingerprint density at radius 3 is 2.55 bits per heavy atom. The fourth-order valence-corrected chi connectivity index (χ4v) is 6.27. The van der Waals surface area contributed by atoms with Crippen molar-refractivity contribution in [2.45, 2.75) is 63.3 Å². The second kappa shape index (κ2) is 11.4. The predicted molar refractivity (Wildman–Crippen MR) is 146 cm³/mol. The number of carbonyl (C=O) groups excluding carboxylic acids is 1. The van der Waals surface area contributed by atoms with Crippen LogP contribution in [0, 0.1) is 4.91 Å². The number of ether oxygens (including phenoxy) is 2. The first kappa shape index (κ1) is 25.3. The van der Waals surface area contributed by atoms with E-state index < -0.39 is 6.04 Å². The summed E-state index contributed by atoms with van der Waals surface area (Å²) in [4.78, 5) is 31.8. The number of amides is 1. The molecule has 0 spiro atoms. The van der Waals surface area contributed by atoms with Gasteiger partial charge >= 0.3 is 0 Å². The van der Waals surface area contributed by atoms with Crippen molar-refractivity contribution in [1.29, 1.82) is 0 Å². The molecule has 1 saturated carbocycles. The highest BCUT2D eigenvalue weighted by Crippen LogP contribution is 2.32. The van der Waals surface area contributed by atoms with Gasteiger partial charge in [-0.25, -0.2) is 0 Å². The predicted octanol–water partition coefficient (Wildman–Crippen LogP) is 4.11. The summed E-state index contributed by atoms with van der Waals surface area (Å²) < 4.78 is 12.3. The summed E-state index contributed by atoms with van der Waals surface area (Å²) in [6, 6.07) is 14.3. The molecular formula is C30H38N4O4. The molecule has 6 rings (SSSR count). The van der Waals surface area contributed by atoms with E-state index in [2.05, 4.69) is 39.2 Å². The van der Waals surface area contributed by atoms with Gasteiger partial charge in [0.05, 0.1) is 12.1 Å². The Balaban J connectivity index is 1.05. The Bertz CT molecular complexity index is 1140. The van der Waals surface area contributed by atoms with E-state index in [0.717, 1.165) is 57.2 Å². The molecule has 2 fully saturated rings. The molecule has 8 heteroatoms. The van der Waals surface area contributed by atoms with Crippen LogP contribution in [0.3, 0.4) is 0 Å². The fourth-order valence-electron chi connectivity index (χ4n) is 6.27. The van der Waals surface area contributed by atoms with Crippen LogP contribution in [0.15, 0.2) is 47.6 Å². The molecule has 38 heavy (non-hydrogen) atoms. The quantitative estimate of drug-likeness (QED) is 0.490. The van der Waals surface area contributed by atoms with Gasteiger partial charge in [-0.15, -0.1) is 0 Å². The van der Waals surface area contributed by atoms with Crippen molar-refractivity contribution in [2.75, 3.05) is 45.9 Å². The minimum absolute atomic E-state index is 0.115. The zero-order chi connectivity index (χ0) is 25.9. The number of nitroso groups, excluding NO2 is 1. The maximum atomic E-state index is 13.4. The average Bonchev–Trinajstić information content (AvgIpc) is 3.06. The minimum Gasteiger partial charge on any atom is -0.491 e. The van der Waals surface area contributed by atoms with Crippen LogP contribution in [0.1, 0.15) is 53.6 Å². The monoisotopic (exact) mass is 518 g/mol. The third kappa shape index (κ3) is 5.57. The van der Waals surface area contributed by atoms with Crippen molar-refractivity contribution in [2.24, 2.45) is 5.18 Å². The van der Waals surface area contributed by atoms with Crippen molar-refractivity contribution >= 4 is 5.91 Å². The van der Waals surface area contributed by atoms with Gasteiger partial charge in [-0.3, -0.25) is 9.69 Å². The van der Waals surface area contributed by atoms with Crippen LogP contribution in [0.5, 0.6) is 11.5 Å². The number of carbonyl (C=O) groups is 1. The molecule has 1 aliphatic carbocycles. The average molecular weight is 519 g/mol. The number of rotatable bonds is 8. The first-order valence-corrected chi connectivity index (χ1v) is 14.2. The van der Waals surface area contributed by atoms with Gasteiger partial charge in [-0.05, 0) is 55.4 Å². The molecule has 2 aromatic rings. The number of hydrogen-bond donors (Lipinski definition) is 0. The van der Waals surface area contributed by atoms with Crippen LogP contribution in [0.2, 0.25) is 0 Å². The maximum absolute atomic E-state index is 13.4. The van der Waals surface area contributed by atoms with Crippen LogP contribution < -0.4 is 9.47 Å². The van der Waals surface area contributed by atoms with E-state index in [9.17, 15) is 9.70 Å². The van der Waals surface area contributed by atoms with Crippen molar-refractivity contribution < 1.29 is 14.3 Å². The topological polar surface area (TPSA) is 74.7 Å². The number of fused-ring (bicyclic) bond motifs is 2. The Kier molecular flexibility index (Phi) is 7.60. The molecule has 1 atom stereocenters. The maximum Gasteiger partial charge on any atom is 0.257 e. The third-order valence-electron chi connectivity index (χ3n) is 8.72. The summed E-state index contributed by atoms with van der Waals surface area (Å²) in [5.74, 6) is 1.20. The molecule has 3 heterocycles. The third-order valence-corrected chi connectivity index (χ3v) is 8.72. The lowest BCUT2D eigenvalue weighted by atomic mass is 9.90. The molecule has 3 aliphatic heterocycles. The molecule has 1 amide bonds. The minimum atomic E-state index is -0.487. The zero-order valence-electron chi connectivity index (χ0n) is 22.1. The van der Waals surface area contributed by atoms with E-state index in [1.165, 1.54) is 30.4 Å². The summed E-state index contributed by atoms with van der Waals surface area (Å²) in [6.07, 6.45) is 7.28. The summed E-state index contributed by atoms with van der Waals surface area (Å²) in [5, 5.41) is 3.41. The highest BCUT2D eigenvalue weighted by molar-refractivity contribution is 5.97. The molecule has 1 unspecified atom stereocenters. The summed E-state index contributed by atoms with van der Waals surface area (Å²) in [6.45, 7) is 5.54. The Morgan fingerprint density at radius 2 is 1.79 bits per heavy atom. The summed E-state index contributed by atoms with van der Waals surface area (Å²) in [5.41, 5.74) is 3.20. The van der Waals surface area contributed by atoms with Gasteiger partial charge in [0.15, 0.2) is 0 Å². The summed E-state index contributed by atoms with van der Waals surface area (Å²) >= 11 is 0. The largest absolute Gasteiger partial charge is 0.491 e. The normalized spacial score (nSPS) is 22.0. The Morgan fingerprint density at radius 1 is 0.974 bits per heavy atom. The first-order chi connectivity index (χ1) is 18.7. The Hall–Kier alpha value is -2.97. The number of benzene rings is 2. The second-order valence-corrected chi connectivity index (χ2v) is 11.2. The van der Waals surface area contributed by atoms with Gasteiger partial charge in [0.1, 0.15) is 30.3 Å². The molecule has 8 nitrogen and oxygen atoms in total. The molecule has 0 aromatic heterocycles. The van der Waals surface area contributed by atoms with Gasteiger partial charge in [-0.1, -0.05) is 35.9 Å². The number of piperidine rings is 1. The van der Waals surface area contributed by atoms with E-state index in [1.54, 1.807) is 11.0 Å². The molecule has 0 N–H and O–H groups in total. The molecule has 0 radical (unpaired) electrons. The number of likely N-dealkylation sites (tertiary alicyclic amines) is 1. The Labute approximate surface area is 224 Å². The lowest BCUT2D eigenvalue weighted by Crippen LogP contribution is -2.46. The zero-order valence-corrected chi connectivity index (χ0v) is 22.1. The van der Waals surface area contributed by atoms with Crippen molar-refractivity contribution in [3.05, 3.63) is 64.1 Å². The van der Waals surface area contributed by atoms with Gasteiger partial charge in [0.25, 0.3) is 5.91 Å².